The molecule has 3 N–H and O–H groups in total. The van der Waals surface area contributed by atoms with E-state index in [0.717, 1.165) is 18.3 Å². The summed E-state index contributed by atoms with van der Waals surface area (Å²) in [5.41, 5.74) is 6.51. The molecule has 2 unspecified atom stereocenters. The van der Waals surface area contributed by atoms with Crippen molar-refractivity contribution in [3.63, 3.8) is 0 Å². The lowest BCUT2D eigenvalue weighted by molar-refractivity contribution is 0.0949. The zero-order valence-electron chi connectivity index (χ0n) is 12.3. The first kappa shape index (κ1) is 16.4. The molecule has 1 aliphatic rings. The number of halogens is 2. The zero-order valence-corrected chi connectivity index (χ0v) is 13.8. The zero-order chi connectivity index (χ0) is 15.4. The molecular weight excluding hydrogens is 307 g/mol. The van der Waals surface area contributed by atoms with Crippen LogP contribution in [0.3, 0.4) is 0 Å². The number of carbonyl (C=O) groups excluding carboxylic acids is 1. The topological polar surface area (TPSA) is 55.1 Å². The fraction of sp³-hybridized carbons (Fsp3) is 0.562. The molecule has 0 heterocycles. The quantitative estimate of drug-likeness (QED) is 0.798. The van der Waals surface area contributed by atoms with Crippen molar-refractivity contribution >= 4 is 34.8 Å². The predicted octanol–water partition coefficient (Wildman–Crippen LogP) is 4.52. The number of hydrogen-bond donors (Lipinski definition) is 2. The average Bonchev–Trinajstić information content (AvgIpc) is 2.44. The van der Waals surface area contributed by atoms with E-state index in [1.165, 1.54) is 25.7 Å². The van der Waals surface area contributed by atoms with Gasteiger partial charge in [-0.05, 0) is 36.8 Å². The van der Waals surface area contributed by atoms with Gasteiger partial charge in [0, 0.05) is 12.1 Å². The Balaban J connectivity index is 1.84. The van der Waals surface area contributed by atoms with Crippen molar-refractivity contribution in [3.05, 3.63) is 27.7 Å². The Bertz CT molecular complexity index is 496. The predicted molar refractivity (Wildman–Crippen MR) is 88.9 cm³/mol. The average molecular weight is 329 g/mol. The van der Waals surface area contributed by atoms with Crippen LogP contribution < -0.4 is 11.1 Å². The van der Waals surface area contributed by atoms with Crippen molar-refractivity contribution in [1.82, 2.24) is 5.32 Å². The molecule has 0 aliphatic heterocycles. The number of carbonyl (C=O) groups is 1. The summed E-state index contributed by atoms with van der Waals surface area (Å²) in [6.07, 6.45) is 6.23. The largest absolute Gasteiger partial charge is 0.397 e. The number of nitrogen functional groups attached to an aromatic ring is 1. The number of benzene rings is 1. The number of hydrogen-bond acceptors (Lipinski definition) is 2. The summed E-state index contributed by atoms with van der Waals surface area (Å²) in [5, 5.41) is 3.54. The van der Waals surface area contributed by atoms with Crippen LogP contribution in [0.15, 0.2) is 12.1 Å². The van der Waals surface area contributed by atoms with E-state index in [2.05, 4.69) is 12.2 Å². The minimum absolute atomic E-state index is 0.149. The van der Waals surface area contributed by atoms with E-state index in [1.54, 1.807) is 12.1 Å². The lowest BCUT2D eigenvalue weighted by atomic mass is 9.81. The SMILES string of the molecule is CC1CCCC(CCNC(=O)c2cc(N)c(Cl)c(Cl)c2)C1. The number of anilines is 1. The van der Waals surface area contributed by atoms with E-state index >= 15 is 0 Å². The molecule has 2 rings (SSSR count). The van der Waals surface area contributed by atoms with Gasteiger partial charge in [-0.3, -0.25) is 4.79 Å². The molecule has 1 aromatic carbocycles. The number of nitrogens with one attached hydrogen (secondary N) is 1. The first-order valence-electron chi connectivity index (χ1n) is 7.50. The van der Waals surface area contributed by atoms with Crippen LogP contribution in [0.25, 0.3) is 0 Å². The van der Waals surface area contributed by atoms with Crippen LogP contribution >= 0.6 is 23.2 Å². The van der Waals surface area contributed by atoms with E-state index in [9.17, 15) is 4.79 Å². The molecule has 116 valence electrons. The minimum atomic E-state index is -0.149. The second-order valence-electron chi connectivity index (χ2n) is 6.04. The molecule has 1 aromatic rings. The van der Waals surface area contributed by atoms with Gasteiger partial charge in [0.15, 0.2) is 0 Å². The molecule has 0 saturated heterocycles. The van der Waals surface area contributed by atoms with Crippen LogP contribution in [-0.4, -0.2) is 12.5 Å². The highest BCUT2D eigenvalue weighted by atomic mass is 35.5. The number of nitrogens with two attached hydrogens (primary N) is 1. The van der Waals surface area contributed by atoms with Gasteiger partial charge >= 0.3 is 0 Å². The van der Waals surface area contributed by atoms with Crippen molar-refractivity contribution < 1.29 is 4.79 Å². The van der Waals surface area contributed by atoms with Gasteiger partial charge in [0.05, 0.1) is 15.7 Å². The van der Waals surface area contributed by atoms with Crippen molar-refractivity contribution in [2.45, 2.75) is 39.0 Å². The highest BCUT2D eigenvalue weighted by Crippen LogP contribution is 2.31. The van der Waals surface area contributed by atoms with Crippen LogP contribution in [0.4, 0.5) is 5.69 Å². The normalized spacial score (nSPS) is 22.0. The molecule has 1 aliphatic carbocycles. The van der Waals surface area contributed by atoms with Gasteiger partial charge in [-0.15, -0.1) is 0 Å². The van der Waals surface area contributed by atoms with Crippen molar-refractivity contribution in [3.8, 4) is 0 Å². The third-order valence-corrected chi connectivity index (χ3v) is 5.02. The smallest absolute Gasteiger partial charge is 0.251 e. The van der Waals surface area contributed by atoms with Crippen LogP contribution in [0.2, 0.25) is 10.0 Å². The van der Waals surface area contributed by atoms with E-state index in [-0.39, 0.29) is 5.91 Å². The van der Waals surface area contributed by atoms with Crippen LogP contribution in [-0.2, 0) is 0 Å². The molecule has 1 amide bonds. The van der Waals surface area contributed by atoms with Crippen LogP contribution in [0.5, 0.6) is 0 Å². The van der Waals surface area contributed by atoms with E-state index in [4.69, 9.17) is 28.9 Å². The lowest BCUT2D eigenvalue weighted by Gasteiger charge is -2.26. The Kier molecular flexibility index (Phi) is 5.77. The Hall–Kier alpha value is -0.930. The van der Waals surface area contributed by atoms with Gasteiger partial charge in [-0.1, -0.05) is 49.4 Å². The third kappa shape index (κ3) is 4.52. The maximum atomic E-state index is 12.1. The monoisotopic (exact) mass is 328 g/mol. The van der Waals surface area contributed by atoms with Gasteiger partial charge in [-0.2, -0.15) is 0 Å². The molecule has 21 heavy (non-hydrogen) atoms. The van der Waals surface area contributed by atoms with Gasteiger partial charge in [0.1, 0.15) is 0 Å². The molecule has 0 bridgehead atoms. The number of rotatable bonds is 4. The van der Waals surface area contributed by atoms with Crippen molar-refractivity contribution in [2.24, 2.45) is 11.8 Å². The molecule has 1 saturated carbocycles. The Morgan fingerprint density at radius 2 is 2.14 bits per heavy atom. The fourth-order valence-electron chi connectivity index (χ4n) is 3.06. The maximum Gasteiger partial charge on any atom is 0.251 e. The van der Waals surface area contributed by atoms with E-state index in [1.807, 2.05) is 0 Å². The van der Waals surface area contributed by atoms with E-state index < -0.39 is 0 Å². The van der Waals surface area contributed by atoms with Gasteiger partial charge in [0.25, 0.3) is 5.91 Å². The molecule has 3 nitrogen and oxygen atoms in total. The Labute approximate surface area is 136 Å². The summed E-state index contributed by atoms with van der Waals surface area (Å²) in [4.78, 5) is 12.1. The second kappa shape index (κ2) is 7.37. The van der Waals surface area contributed by atoms with Gasteiger partial charge in [-0.25, -0.2) is 0 Å². The third-order valence-electron chi connectivity index (χ3n) is 4.20. The van der Waals surface area contributed by atoms with E-state index in [0.29, 0.717) is 27.8 Å². The Morgan fingerprint density at radius 3 is 2.81 bits per heavy atom. The summed E-state index contributed by atoms with van der Waals surface area (Å²) >= 11 is 11.8. The molecule has 0 spiro atoms. The molecule has 5 heteroatoms. The standard InChI is InChI=1S/C16H22Cl2N2O/c1-10-3-2-4-11(7-10)5-6-20-16(21)12-8-13(17)15(18)14(19)9-12/h8-11H,2-7,19H2,1H3,(H,20,21). The van der Waals surface area contributed by atoms with Gasteiger partial charge < -0.3 is 11.1 Å². The summed E-state index contributed by atoms with van der Waals surface area (Å²) in [6.45, 7) is 3.00. The first-order valence-corrected chi connectivity index (χ1v) is 8.25. The van der Waals surface area contributed by atoms with Crippen LogP contribution in [0.1, 0.15) is 49.4 Å². The molecule has 0 aromatic heterocycles. The summed E-state index contributed by atoms with van der Waals surface area (Å²) in [5.74, 6) is 1.39. The fourth-order valence-corrected chi connectivity index (χ4v) is 3.39. The summed E-state index contributed by atoms with van der Waals surface area (Å²) in [6, 6.07) is 3.12. The van der Waals surface area contributed by atoms with Crippen molar-refractivity contribution in [1.29, 1.82) is 0 Å². The number of amides is 1. The van der Waals surface area contributed by atoms with Crippen LogP contribution in [0, 0.1) is 11.8 Å². The molecule has 0 radical (unpaired) electrons. The maximum absolute atomic E-state index is 12.1. The first-order chi connectivity index (χ1) is 9.97. The second-order valence-corrected chi connectivity index (χ2v) is 6.83. The van der Waals surface area contributed by atoms with Gasteiger partial charge in [0.2, 0.25) is 0 Å². The Morgan fingerprint density at radius 1 is 1.38 bits per heavy atom. The molecule has 1 fully saturated rings. The molecular formula is C16H22Cl2N2O. The molecule has 2 atom stereocenters. The van der Waals surface area contributed by atoms with Crippen molar-refractivity contribution in [2.75, 3.05) is 12.3 Å². The highest BCUT2D eigenvalue weighted by molar-refractivity contribution is 6.43. The lowest BCUT2D eigenvalue weighted by Crippen LogP contribution is -2.27. The highest BCUT2D eigenvalue weighted by Gasteiger charge is 2.19. The summed E-state index contributed by atoms with van der Waals surface area (Å²) < 4.78 is 0. The summed E-state index contributed by atoms with van der Waals surface area (Å²) in [7, 11) is 0. The minimum Gasteiger partial charge on any atom is -0.397 e.